The van der Waals surface area contributed by atoms with Crippen LogP contribution in [0.15, 0.2) is 34.9 Å². The van der Waals surface area contributed by atoms with E-state index in [1.165, 1.54) is 12.8 Å². The Labute approximate surface area is 94.8 Å². The molecular formula is C13H16N2O. The quantitative estimate of drug-likeness (QED) is 0.754. The number of furan rings is 1. The summed E-state index contributed by atoms with van der Waals surface area (Å²) in [5, 5.41) is 8.03. The molecule has 1 fully saturated rings. The van der Waals surface area contributed by atoms with Gasteiger partial charge in [0.15, 0.2) is 0 Å². The fourth-order valence-electron chi connectivity index (χ4n) is 1.88. The molecule has 0 radical (unpaired) electrons. The van der Waals surface area contributed by atoms with Crippen LogP contribution < -0.4 is 10.6 Å². The highest BCUT2D eigenvalue weighted by Gasteiger charge is 2.19. The molecule has 0 saturated heterocycles. The van der Waals surface area contributed by atoms with Crippen LogP contribution in [0.2, 0.25) is 0 Å². The minimum atomic E-state index is 0.780. The normalized spacial score (nSPS) is 15.5. The molecule has 0 atom stereocenters. The number of hydrogen-bond donors (Lipinski definition) is 2. The van der Waals surface area contributed by atoms with E-state index in [4.69, 9.17) is 4.42 Å². The molecule has 1 saturated carbocycles. The van der Waals surface area contributed by atoms with Crippen molar-refractivity contribution >= 4 is 16.7 Å². The first kappa shape index (κ1) is 9.73. The molecule has 16 heavy (non-hydrogen) atoms. The Morgan fingerprint density at radius 3 is 2.94 bits per heavy atom. The fraction of sp³-hybridized carbons (Fsp3) is 0.385. The highest BCUT2D eigenvalue weighted by Crippen LogP contribution is 2.24. The summed E-state index contributed by atoms with van der Waals surface area (Å²) in [6, 6.07) is 8.87. The number of fused-ring (bicyclic) bond motifs is 1. The maximum atomic E-state index is 5.46. The van der Waals surface area contributed by atoms with Crippen LogP contribution in [-0.4, -0.2) is 19.1 Å². The largest absolute Gasteiger partial charge is 0.462 e. The summed E-state index contributed by atoms with van der Waals surface area (Å²) in [7, 11) is 0. The number of anilines is 1. The molecule has 1 heterocycles. The van der Waals surface area contributed by atoms with Crippen LogP contribution in [0.4, 0.5) is 5.69 Å². The lowest BCUT2D eigenvalue weighted by atomic mass is 10.2. The zero-order valence-corrected chi connectivity index (χ0v) is 9.20. The van der Waals surface area contributed by atoms with Gasteiger partial charge in [0.1, 0.15) is 11.8 Å². The first-order chi connectivity index (χ1) is 7.93. The van der Waals surface area contributed by atoms with Gasteiger partial charge in [-0.15, -0.1) is 0 Å². The van der Waals surface area contributed by atoms with E-state index < -0.39 is 0 Å². The Kier molecular flexibility index (Phi) is 2.54. The van der Waals surface area contributed by atoms with Gasteiger partial charge in [-0.2, -0.15) is 0 Å². The van der Waals surface area contributed by atoms with Gasteiger partial charge in [0.2, 0.25) is 0 Å². The van der Waals surface area contributed by atoms with Gasteiger partial charge >= 0.3 is 0 Å². The smallest absolute Gasteiger partial charge is 0.136 e. The highest BCUT2D eigenvalue weighted by atomic mass is 16.3. The van der Waals surface area contributed by atoms with Crippen LogP contribution in [0.3, 0.4) is 0 Å². The van der Waals surface area contributed by atoms with Crippen LogP contribution in [0.25, 0.3) is 11.0 Å². The van der Waals surface area contributed by atoms with Crippen LogP contribution in [0.1, 0.15) is 12.8 Å². The molecule has 1 aliphatic carbocycles. The van der Waals surface area contributed by atoms with Crippen LogP contribution in [-0.2, 0) is 0 Å². The Morgan fingerprint density at radius 1 is 1.19 bits per heavy atom. The second-order valence-corrected chi connectivity index (χ2v) is 4.30. The zero-order valence-electron chi connectivity index (χ0n) is 9.20. The molecule has 3 nitrogen and oxygen atoms in total. The average Bonchev–Trinajstić information content (AvgIpc) is 3.05. The topological polar surface area (TPSA) is 37.2 Å². The first-order valence-corrected chi connectivity index (χ1v) is 5.87. The molecule has 0 aliphatic heterocycles. The first-order valence-electron chi connectivity index (χ1n) is 5.87. The van der Waals surface area contributed by atoms with Gasteiger partial charge in [0.25, 0.3) is 0 Å². The maximum absolute atomic E-state index is 5.46. The van der Waals surface area contributed by atoms with Gasteiger partial charge in [-0.3, -0.25) is 0 Å². The predicted octanol–water partition coefficient (Wildman–Crippen LogP) is 2.60. The Bertz CT molecular complexity index is 473. The second-order valence-electron chi connectivity index (χ2n) is 4.30. The molecule has 3 heteroatoms. The van der Waals surface area contributed by atoms with Crippen LogP contribution >= 0.6 is 0 Å². The third-order valence-corrected chi connectivity index (χ3v) is 2.93. The molecule has 0 amide bonds. The van der Waals surface area contributed by atoms with Crippen molar-refractivity contribution in [1.82, 2.24) is 5.32 Å². The van der Waals surface area contributed by atoms with E-state index in [1.54, 1.807) is 6.26 Å². The third kappa shape index (κ3) is 2.04. The molecule has 0 unspecified atom stereocenters. The van der Waals surface area contributed by atoms with Gasteiger partial charge in [0, 0.05) is 24.5 Å². The van der Waals surface area contributed by atoms with Gasteiger partial charge in [-0.1, -0.05) is 12.1 Å². The van der Waals surface area contributed by atoms with Gasteiger partial charge < -0.3 is 15.1 Å². The third-order valence-electron chi connectivity index (χ3n) is 2.93. The maximum Gasteiger partial charge on any atom is 0.136 e. The zero-order chi connectivity index (χ0) is 10.8. The van der Waals surface area contributed by atoms with Crippen molar-refractivity contribution in [2.75, 3.05) is 18.4 Å². The lowest BCUT2D eigenvalue weighted by Crippen LogP contribution is -2.23. The highest BCUT2D eigenvalue weighted by molar-refractivity contribution is 5.90. The summed E-state index contributed by atoms with van der Waals surface area (Å²) in [5.41, 5.74) is 2.04. The Morgan fingerprint density at radius 2 is 2.06 bits per heavy atom. The molecule has 0 spiro atoms. The van der Waals surface area contributed by atoms with E-state index in [1.807, 2.05) is 18.2 Å². The molecule has 1 aromatic heterocycles. The molecule has 3 rings (SSSR count). The molecule has 1 aliphatic rings. The van der Waals surface area contributed by atoms with Crippen molar-refractivity contribution in [3.8, 4) is 0 Å². The summed E-state index contributed by atoms with van der Waals surface area (Å²) in [6.45, 7) is 1.96. The molecule has 1 aromatic carbocycles. The van der Waals surface area contributed by atoms with E-state index in [9.17, 15) is 0 Å². The second kappa shape index (κ2) is 4.18. The van der Waals surface area contributed by atoms with Crippen molar-refractivity contribution < 1.29 is 4.42 Å². The lowest BCUT2D eigenvalue weighted by molar-refractivity contribution is 0.616. The predicted molar refractivity (Wildman–Crippen MR) is 65.7 cm³/mol. The average molecular weight is 216 g/mol. The Balaban J connectivity index is 1.60. The van der Waals surface area contributed by atoms with E-state index in [0.29, 0.717) is 0 Å². The summed E-state index contributed by atoms with van der Waals surface area (Å²) in [5.74, 6) is 0. The molecule has 0 bridgehead atoms. The SMILES string of the molecule is c1ccc2c(NCCNC3CC3)coc2c1. The lowest BCUT2D eigenvalue weighted by Gasteiger charge is -2.04. The number of rotatable bonds is 5. The van der Waals surface area contributed by atoms with E-state index >= 15 is 0 Å². The van der Waals surface area contributed by atoms with Crippen LogP contribution in [0.5, 0.6) is 0 Å². The van der Waals surface area contributed by atoms with Gasteiger partial charge in [-0.05, 0) is 25.0 Å². The number of benzene rings is 1. The summed E-state index contributed by atoms with van der Waals surface area (Å²) >= 11 is 0. The monoisotopic (exact) mass is 216 g/mol. The van der Waals surface area contributed by atoms with Crippen molar-refractivity contribution in [3.05, 3.63) is 30.5 Å². The van der Waals surface area contributed by atoms with Crippen molar-refractivity contribution in [3.63, 3.8) is 0 Å². The minimum Gasteiger partial charge on any atom is -0.462 e. The summed E-state index contributed by atoms with van der Waals surface area (Å²) < 4.78 is 5.46. The Hall–Kier alpha value is -1.48. The van der Waals surface area contributed by atoms with E-state index in [2.05, 4.69) is 16.7 Å². The molecule has 84 valence electrons. The van der Waals surface area contributed by atoms with Crippen LogP contribution in [0, 0.1) is 0 Å². The number of nitrogens with one attached hydrogen (secondary N) is 2. The molecular weight excluding hydrogens is 200 g/mol. The van der Waals surface area contributed by atoms with E-state index in [-0.39, 0.29) is 0 Å². The van der Waals surface area contributed by atoms with Crippen molar-refractivity contribution in [2.45, 2.75) is 18.9 Å². The number of hydrogen-bond acceptors (Lipinski definition) is 3. The number of para-hydroxylation sites is 1. The fourth-order valence-corrected chi connectivity index (χ4v) is 1.88. The van der Waals surface area contributed by atoms with Crippen molar-refractivity contribution in [1.29, 1.82) is 0 Å². The van der Waals surface area contributed by atoms with Gasteiger partial charge in [0.05, 0.1) is 5.69 Å². The van der Waals surface area contributed by atoms with Crippen molar-refractivity contribution in [2.24, 2.45) is 0 Å². The summed E-state index contributed by atoms with van der Waals surface area (Å²) in [6.07, 6.45) is 4.48. The molecule has 2 aromatic rings. The summed E-state index contributed by atoms with van der Waals surface area (Å²) in [4.78, 5) is 0. The van der Waals surface area contributed by atoms with Gasteiger partial charge in [-0.25, -0.2) is 0 Å². The molecule has 2 N–H and O–H groups in total. The minimum absolute atomic E-state index is 0.780. The van der Waals surface area contributed by atoms with E-state index in [0.717, 1.165) is 35.8 Å². The standard InChI is InChI=1S/C13H16N2O/c1-2-4-13-11(3-1)12(9-16-13)15-8-7-14-10-5-6-10/h1-4,9-10,14-15H,5-8H2.